The quantitative estimate of drug-likeness (QED) is 0.937. The Morgan fingerprint density at radius 3 is 3.04 bits per heavy atom. The molecule has 0 aliphatic carbocycles. The van der Waals surface area contributed by atoms with Crippen LogP contribution in [0.4, 0.5) is 10.2 Å². The number of rotatable bonds is 4. The number of nitrogens with one attached hydrogen (secondary N) is 1. The lowest BCUT2D eigenvalue weighted by atomic mass is 10.0. The van der Waals surface area contributed by atoms with Gasteiger partial charge in [-0.25, -0.2) is 4.39 Å². The van der Waals surface area contributed by atoms with Crippen LogP contribution in [0.25, 0.3) is 0 Å². The van der Waals surface area contributed by atoms with E-state index in [1.807, 2.05) is 12.1 Å². The minimum atomic E-state index is -0.318. The molecular formula is C17H19FN4O. The van der Waals surface area contributed by atoms with Crippen molar-refractivity contribution in [3.8, 4) is 0 Å². The molecule has 1 atom stereocenters. The Labute approximate surface area is 134 Å². The lowest BCUT2D eigenvalue weighted by Gasteiger charge is -2.33. The Hall–Kier alpha value is -2.50. The number of hydrogen-bond donors (Lipinski definition) is 1. The smallest absolute Gasteiger partial charge is 0.224 e. The summed E-state index contributed by atoms with van der Waals surface area (Å²) in [6.07, 6.45) is 3.76. The molecule has 1 saturated heterocycles. The molecule has 2 heterocycles. The highest BCUT2D eigenvalue weighted by Gasteiger charge is 2.22. The first-order chi connectivity index (χ1) is 11.2. The maximum atomic E-state index is 13.2. The van der Waals surface area contributed by atoms with E-state index in [0.717, 1.165) is 25.2 Å². The molecule has 1 aliphatic rings. The molecule has 1 amide bonds. The van der Waals surface area contributed by atoms with Gasteiger partial charge < -0.3 is 10.2 Å². The van der Waals surface area contributed by atoms with Crippen LogP contribution in [-0.2, 0) is 11.2 Å². The number of amides is 1. The molecule has 1 unspecified atom stereocenters. The fourth-order valence-electron chi connectivity index (χ4n) is 2.88. The summed E-state index contributed by atoms with van der Waals surface area (Å²) in [5.74, 6) is 0.431. The highest BCUT2D eigenvalue weighted by molar-refractivity contribution is 5.79. The minimum Gasteiger partial charge on any atom is -0.353 e. The van der Waals surface area contributed by atoms with Gasteiger partial charge in [0.15, 0.2) is 5.82 Å². The Morgan fingerprint density at radius 2 is 2.26 bits per heavy atom. The maximum absolute atomic E-state index is 13.2. The molecule has 1 aromatic carbocycles. The van der Waals surface area contributed by atoms with Crippen LogP contribution in [0.1, 0.15) is 18.4 Å². The summed E-state index contributed by atoms with van der Waals surface area (Å²) in [6, 6.07) is 10.0. The van der Waals surface area contributed by atoms with Crippen molar-refractivity contribution < 1.29 is 9.18 Å². The van der Waals surface area contributed by atoms with E-state index in [4.69, 9.17) is 0 Å². The molecule has 6 heteroatoms. The van der Waals surface area contributed by atoms with Gasteiger partial charge in [0.2, 0.25) is 5.91 Å². The monoisotopic (exact) mass is 314 g/mol. The lowest BCUT2D eigenvalue weighted by molar-refractivity contribution is -0.121. The Bertz CT molecular complexity index is 665. The molecule has 2 aromatic rings. The number of hydrogen-bond acceptors (Lipinski definition) is 4. The lowest BCUT2D eigenvalue weighted by Crippen LogP contribution is -2.48. The Morgan fingerprint density at radius 1 is 1.35 bits per heavy atom. The van der Waals surface area contributed by atoms with Gasteiger partial charge >= 0.3 is 0 Å². The zero-order chi connectivity index (χ0) is 16.1. The molecule has 120 valence electrons. The van der Waals surface area contributed by atoms with Crippen LogP contribution in [0.5, 0.6) is 0 Å². The molecular weight excluding hydrogens is 295 g/mol. The van der Waals surface area contributed by atoms with E-state index >= 15 is 0 Å². The third-order valence-corrected chi connectivity index (χ3v) is 3.92. The van der Waals surface area contributed by atoms with Gasteiger partial charge in [-0.2, -0.15) is 5.10 Å². The number of piperidine rings is 1. The molecule has 0 bridgehead atoms. The van der Waals surface area contributed by atoms with Crippen LogP contribution in [0.2, 0.25) is 0 Å². The molecule has 1 aliphatic heterocycles. The van der Waals surface area contributed by atoms with Gasteiger partial charge in [-0.05, 0) is 42.7 Å². The number of carbonyl (C=O) groups excluding carboxylic acids is 1. The van der Waals surface area contributed by atoms with Gasteiger partial charge in [0, 0.05) is 25.3 Å². The van der Waals surface area contributed by atoms with Crippen molar-refractivity contribution in [1.29, 1.82) is 0 Å². The van der Waals surface area contributed by atoms with E-state index in [1.165, 1.54) is 12.1 Å². The van der Waals surface area contributed by atoms with Crippen molar-refractivity contribution in [2.45, 2.75) is 25.3 Å². The van der Waals surface area contributed by atoms with E-state index in [-0.39, 0.29) is 24.2 Å². The summed E-state index contributed by atoms with van der Waals surface area (Å²) >= 11 is 0. The predicted octanol–water partition coefficient (Wildman–Crippen LogP) is 1.94. The van der Waals surface area contributed by atoms with Crippen molar-refractivity contribution in [3.05, 3.63) is 54.0 Å². The fraction of sp³-hybridized carbons (Fsp3) is 0.353. The standard InChI is InChI=1S/C17H19FN4O/c18-14-5-1-4-13(10-14)11-17(23)20-15-6-3-9-22(12-15)16-7-2-8-19-21-16/h1-2,4-5,7-8,10,15H,3,6,9,11-12H2,(H,20,23). The number of nitrogens with zero attached hydrogens (tertiary/aromatic N) is 3. The number of carbonyl (C=O) groups is 1. The number of anilines is 1. The summed E-state index contributed by atoms with van der Waals surface area (Å²) < 4.78 is 13.2. The van der Waals surface area contributed by atoms with Gasteiger partial charge in [0.1, 0.15) is 5.82 Å². The first kappa shape index (κ1) is 15.4. The van der Waals surface area contributed by atoms with Crippen LogP contribution >= 0.6 is 0 Å². The molecule has 1 aromatic heterocycles. The van der Waals surface area contributed by atoms with Crippen LogP contribution in [0.15, 0.2) is 42.6 Å². The van der Waals surface area contributed by atoms with Gasteiger partial charge in [-0.3, -0.25) is 4.79 Å². The second-order valence-electron chi connectivity index (χ2n) is 5.74. The minimum absolute atomic E-state index is 0.0758. The van der Waals surface area contributed by atoms with Crippen molar-refractivity contribution in [2.24, 2.45) is 0 Å². The molecule has 5 nitrogen and oxygen atoms in total. The predicted molar refractivity (Wildman–Crippen MR) is 85.5 cm³/mol. The third kappa shape index (κ3) is 4.25. The second-order valence-corrected chi connectivity index (χ2v) is 5.74. The first-order valence-corrected chi connectivity index (χ1v) is 7.77. The highest BCUT2D eigenvalue weighted by atomic mass is 19.1. The van der Waals surface area contributed by atoms with Crippen molar-refractivity contribution in [1.82, 2.24) is 15.5 Å². The van der Waals surface area contributed by atoms with E-state index in [0.29, 0.717) is 12.1 Å². The van der Waals surface area contributed by atoms with Crippen LogP contribution in [0.3, 0.4) is 0 Å². The van der Waals surface area contributed by atoms with E-state index in [2.05, 4.69) is 20.4 Å². The van der Waals surface area contributed by atoms with E-state index in [9.17, 15) is 9.18 Å². The van der Waals surface area contributed by atoms with Gasteiger partial charge in [0.05, 0.1) is 6.42 Å². The molecule has 0 saturated carbocycles. The Balaban J connectivity index is 1.56. The number of halogens is 1. The van der Waals surface area contributed by atoms with Gasteiger partial charge in [0.25, 0.3) is 0 Å². The van der Waals surface area contributed by atoms with E-state index in [1.54, 1.807) is 18.3 Å². The Kier molecular flexibility index (Phi) is 4.80. The zero-order valence-electron chi connectivity index (χ0n) is 12.8. The molecule has 0 radical (unpaired) electrons. The molecule has 1 N–H and O–H groups in total. The second kappa shape index (κ2) is 7.17. The van der Waals surface area contributed by atoms with Gasteiger partial charge in [-0.15, -0.1) is 5.10 Å². The van der Waals surface area contributed by atoms with Crippen LogP contribution in [-0.4, -0.2) is 35.2 Å². The molecule has 23 heavy (non-hydrogen) atoms. The molecule has 3 rings (SSSR count). The normalized spacial score (nSPS) is 17.8. The van der Waals surface area contributed by atoms with Crippen molar-refractivity contribution in [3.63, 3.8) is 0 Å². The average Bonchev–Trinajstić information content (AvgIpc) is 2.56. The largest absolute Gasteiger partial charge is 0.353 e. The summed E-state index contributed by atoms with van der Waals surface area (Å²) in [7, 11) is 0. The fourth-order valence-corrected chi connectivity index (χ4v) is 2.88. The summed E-state index contributed by atoms with van der Waals surface area (Å²) in [5.41, 5.74) is 0.684. The van der Waals surface area contributed by atoms with Crippen LogP contribution < -0.4 is 10.2 Å². The number of benzene rings is 1. The molecule has 1 fully saturated rings. The average molecular weight is 314 g/mol. The summed E-state index contributed by atoms with van der Waals surface area (Å²) in [4.78, 5) is 14.3. The van der Waals surface area contributed by atoms with Gasteiger partial charge in [-0.1, -0.05) is 12.1 Å². The first-order valence-electron chi connectivity index (χ1n) is 7.77. The third-order valence-electron chi connectivity index (χ3n) is 3.92. The van der Waals surface area contributed by atoms with Crippen molar-refractivity contribution >= 4 is 11.7 Å². The zero-order valence-corrected chi connectivity index (χ0v) is 12.8. The molecule has 0 spiro atoms. The van der Waals surface area contributed by atoms with Crippen molar-refractivity contribution in [2.75, 3.05) is 18.0 Å². The topological polar surface area (TPSA) is 58.1 Å². The number of aromatic nitrogens is 2. The summed E-state index contributed by atoms with van der Waals surface area (Å²) in [5, 5.41) is 11.0. The SMILES string of the molecule is O=C(Cc1cccc(F)c1)NC1CCCN(c2cccnn2)C1. The maximum Gasteiger partial charge on any atom is 0.224 e. The van der Waals surface area contributed by atoms with Crippen LogP contribution in [0, 0.1) is 5.82 Å². The highest BCUT2D eigenvalue weighted by Crippen LogP contribution is 2.16. The van der Waals surface area contributed by atoms with E-state index < -0.39 is 0 Å². The summed E-state index contributed by atoms with van der Waals surface area (Å²) in [6.45, 7) is 1.63.